The fourth-order valence-electron chi connectivity index (χ4n) is 13.0. The van der Waals surface area contributed by atoms with Crippen molar-refractivity contribution in [2.24, 2.45) is 0 Å². The number of fused-ring (bicyclic) bond motifs is 10. The van der Waals surface area contributed by atoms with Crippen LogP contribution in [0, 0.1) is 13.8 Å². The normalized spacial score (nSPS) is 15.1. The Kier molecular flexibility index (Phi) is 11.6. The van der Waals surface area contributed by atoms with Gasteiger partial charge in [-0.25, -0.2) is 4.98 Å². The second kappa shape index (κ2) is 19.8. The molecule has 0 amide bonds. The summed E-state index contributed by atoms with van der Waals surface area (Å²) >= 11 is 0. The van der Waals surface area contributed by atoms with Crippen LogP contribution in [-0.4, -0.2) is 19.7 Å². The molecule has 84 heavy (non-hydrogen) atoms. The first-order chi connectivity index (χ1) is 42.0. The highest BCUT2D eigenvalue weighted by molar-refractivity contribution is 7.23. The van der Waals surface area contributed by atoms with E-state index < -0.39 is 14.1 Å². The van der Waals surface area contributed by atoms with Gasteiger partial charge in [0.15, 0.2) is 8.07 Å². The molecule has 1 aromatic heterocycles. The van der Waals surface area contributed by atoms with Gasteiger partial charge in [0, 0.05) is 40.8 Å². The zero-order chi connectivity index (χ0) is 63.2. The van der Waals surface area contributed by atoms with Crippen LogP contribution in [0.3, 0.4) is 0 Å². The van der Waals surface area contributed by atoms with E-state index in [1.54, 1.807) is 0 Å². The van der Waals surface area contributed by atoms with Gasteiger partial charge in [-0.15, -0.1) is 0 Å². The number of benzene rings is 9. The van der Waals surface area contributed by atoms with Gasteiger partial charge >= 0.3 is 0 Å². The SMILES string of the molecule is [2H]c1c([2H])c([2H])c(-c2cccc(-c3cc(C(C)(C)C)cc(C(C)(C)C)c3)c2N2CN(c3cc(Oc4ccc5c(c4)N(c4cc(C(C)(C)C)ccn4)c4ccccc4[Si]54c5cc(C)ccc5-c5ccc(C)cc54)cc(C(C)(C)C)c3)c3ccccc32)c([2H])c1[2H]. The highest BCUT2D eigenvalue weighted by Gasteiger charge is 2.54. The third kappa shape index (κ3) is 9.25. The largest absolute Gasteiger partial charge is 0.457 e. The molecule has 0 atom stereocenters. The number of aryl methyl sites for hydroxylation is 2. The molecule has 0 N–H and O–H groups in total. The average Bonchev–Trinajstić information content (AvgIpc) is 1.62. The zero-order valence-corrected chi connectivity index (χ0v) is 52.1. The van der Waals surface area contributed by atoms with Crippen molar-refractivity contribution in [2.45, 2.75) is 119 Å². The van der Waals surface area contributed by atoms with Crippen molar-refractivity contribution in [1.82, 2.24) is 4.98 Å². The summed E-state index contributed by atoms with van der Waals surface area (Å²) in [7, 11) is -3.01. The standard InChI is InChI=1S/C78H78N4OSi/c1-50-31-34-63-64-35-32-51(2)40-72(64)84(71(63)39-50)69-30-21-20-29-67(69)82(73-46-54(37-38-79-73)75(3,4)5)68-48-59(33-36-70(68)84)83-60-45-57(78(12,13)14)44-58(47-60)80-49-81(66-28-19-18-27-65(66)80)74-61(52-23-16-15-17-24-52)25-22-26-62(74)53-41-55(76(6,7)8)43-56(42-53)77(9,10)11/h15-48H,49H2,1-14H3/i15D,16D,17D,23D,24D. The minimum atomic E-state index is -3.01. The predicted molar refractivity (Wildman–Crippen MR) is 359 cm³/mol. The van der Waals surface area contributed by atoms with Gasteiger partial charge in [0.2, 0.25) is 0 Å². The molecule has 9 aromatic carbocycles. The Bertz CT molecular complexity index is 4450. The second-order valence-corrected chi connectivity index (χ2v) is 31.2. The predicted octanol–water partition coefficient (Wildman–Crippen LogP) is 18.4. The van der Waals surface area contributed by atoms with E-state index in [9.17, 15) is 2.74 Å². The molecular weight excluding hydrogens is 1040 g/mol. The monoisotopic (exact) mass is 1120 g/mol. The number of nitrogens with zero attached hydrogens (tertiary/aromatic N) is 4. The first-order valence-corrected chi connectivity index (χ1v) is 31.6. The van der Waals surface area contributed by atoms with E-state index in [0.29, 0.717) is 23.7 Å². The maximum absolute atomic E-state index is 9.43. The lowest BCUT2D eigenvalue weighted by Gasteiger charge is -2.43. The van der Waals surface area contributed by atoms with Crippen molar-refractivity contribution in [3.63, 3.8) is 0 Å². The van der Waals surface area contributed by atoms with E-state index in [1.807, 2.05) is 24.4 Å². The highest BCUT2D eigenvalue weighted by atomic mass is 28.3. The third-order valence-corrected chi connectivity index (χ3v) is 22.5. The molecule has 420 valence electrons. The van der Waals surface area contributed by atoms with Gasteiger partial charge in [0.05, 0.1) is 29.6 Å². The molecule has 0 aliphatic carbocycles. The quantitative estimate of drug-likeness (QED) is 0.149. The Balaban J connectivity index is 0.994. The number of ether oxygens (including phenoxy) is 1. The molecule has 0 saturated carbocycles. The number of aromatic nitrogens is 1. The van der Waals surface area contributed by atoms with Crippen molar-refractivity contribution in [3.05, 3.63) is 240 Å². The van der Waals surface area contributed by atoms with Crippen LogP contribution >= 0.6 is 0 Å². The van der Waals surface area contributed by atoms with Gasteiger partial charge in [-0.05, 0) is 149 Å². The van der Waals surface area contributed by atoms with E-state index in [2.05, 4.69) is 263 Å². The topological polar surface area (TPSA) is 31.8 Å². The molecule has 0 saturated heterocycles. The Morgan fingerprint density at radius 1 is 0.429 bits per heavy atom. The molecule has 0 unspecified atom stereocenters. The summed E-state index contributed by atoms with van der Waals surface area (Å²) < 4.78 is 52.7. The summed E-state index contributed by atoms with van der Waals surface area (Å²) in [5.41, 5.74) is 17.2. The van der Waals surface area contributed by atoms with Gasteiger partial charge < -0.3 is 14.5 Å². The molecular formula is C78H78N4OSi. The molecule has 3 aliphatic heterocycles. The fraction of sp³-hybridized carbons (Fsp3) is 0.244. The minimum Gasteiger partial charge on any atom is -0.457 e. The van der Waals surface area contributed by atoms with E-state index in [1.165, 1.54) is 59.7 Å². The molecule has 1 spiro atoms. The number of hydrogen-bond acceptors (Lipinski definition) is 5. The Labute approximate surface area is 507 Å². The van der Waals surface area contributed by atoms with Crippen LogP contribution in [-0.2, 0) is 21.7 Å². The van der Waals surface area contributed by atoms with E-state index in [-0.39, 0.29) is 51.4 Å². The van der Waals surface area contributed by atoms with Gasteiger partial charge in [-0.2, -0.15) is 0 Å². The summed E-state index contributed by atoms with van der Waals surface area (Å²) in [6.45, 7) is 31.6. The number of pyridine rings is 1. The summed E-state index contributed by atoms with van der Waals surface area (Å²) in [4.78, 5) is 12.2. The fourth-order valence-corrected chi connectivity index (χ4v) is 18.7. The Hall–Kier alpha value is -8.45. The van der Waals surface area contributed by atoms with Gasteiger partial charge in [-0.3, -0.25) is 4.90 Å². The minimum absolute atomic E-state index is 0.123. The molecule has 0 bridgehead atoms. The molecule has 13 rings (SSSR count). The molecule has 10 aromatic rings. The first-order valence-electron chi connectivity index (χ1n) is 32.1. The van der Waals surface area contributed by atoms with Crippen LogP contribution in [0.5, 0.6) is 11.5 Å². The molecule has 3 aliphatic rings. The van der Waals surface area contributed by atoms with Crippen molar-refractivity contribution < 1.29 is 11.6 Å². The Morgan fingerprint density at radius 3 is 1.61 bits per heavy atom. The molecule has 4 heterocycles. The third-order valence-electron chi connectivity index (χ3n) is 17.6. The zero-order valence-electron chi connectivity index (χ0n) is 56.1. The Morgan fingerprint density at radius 2 is 0.988 bits per heavy atom. The van der Waals surface area contributed by atoms with Crippen LogP contribution in [0.1, 0.15) is 123 Å². The van der Waals surface area contributed by atoms with Crippen molar-refractivity contribution in [2.75, 3.05) is 21.4 Å². The van der Waals surface area contributed by atoms with Crippen LogP contribution in [0.4, 0.5) is 39.9 Å². The van der Waals surface area contributed by atoms with Gasteiger partial charge in [-0.1, -0.05) is 234 Å². The van der Waals surface area contributed by atoms with Crippen LogP contribution < -0.4 is 40.2 Å². The molecule has 6 heteroatoms. The molecule has 0 radical (unpaired) electrons. The van der Waals surface area contributed by atoms with Gasteiger partial charge in [0.1, 0.15) is 24.0 Å². The van der Waals surface area contributed by atoms with E-state index >= 15 is 0 Å². The lowest BCUT2D eigenvalue weighted by atomic mass is 9.78. The van der Waals surface area contributed by atoms with Crippen molar-refractivity contribution in [3.8, 4) is 44.9 Å². The lowest BCUT2D eigenvalue weighted by Crippen LogP contribution is -2.75. The second-order valence-electron chi connectivity index (χ2n) is 27.6. The van der Waals surface area contributed by atoms with Crippen LogP contribution in [0.15, 0.2) is 206 Å². The van der Waals surface area contributed by atoms with E-state index in [0.717, 1.165) is 56.6 Å². The van der Waals surface area contributed by atoms with E-state index in [4.69, 9.17) is 13.8 Å². The summed E-state index contributed by atoms with van der Waals surface area (Å²) in [5.74, 6) is 2.23. The maximum atomic E-state index is 9.43. The molecule has 0 fully saturated rings. The summed E-state index contributed by atoms with van der Waals surface area (Å²) in [6.07, 6.45) is 1.95. The van der Waals surface area contributed by atoms with Gasteiger partial charge in [0.25, 0.3) is 0 Å². The number of anilines is 7. The highest BCUT2D eigenvalue weighted by Crippen LogP contribution is 2.52. The number of para-hydroxylation sites is 4. The summed E-state index contributed by atoms with van der Waals surface area (Å²) in [6, 6.07) is 60.4. The van der Waals surface area contributed by atoms with Crippen LogP contribution in [0.2, 0.25) is 0 Å². The number of hydrogen-bond donors (Lipinski definition) is 0. The molecule has 5 nitrogen and oxygen atoms in total. The lowest BCUT2D eigenvalue weighted by molar-refractivity contribution is 0.479. The summed E-state index contributed by atoms with van der Waals surface area (Å²) in [5, 5.41) is 5.41. The van der Waals surface area contributed by atoms with Crippen molar-refractivity contribution in [1.29, 1.82) is 0 Å². The first kappa shape index (κ1) is 49.0. The number of rotatable bonds is 7. The van der Waals surface area contributed by atoms with Crippen LogP contribution in [0.25, 0.3) is 33.4 Å². The smallest absolute Gasteiger partial charge is 0.185 e. The van der Waals surface area contributed by atoms with Crippen molar-refractivity contribution >= 4 is 68.8 Å². The maximum Gasteiger partial charge on any atom is 0.185 e. The average molecular weight is 1120 g/mol.